The topological polar surface area (TPSA) is 122 Å². The van der Waals surface area contributed by atoms with Crippen LogP contribution in [-0.4, -0.2) is 49.3 Å². The lowest BCUT2D eigenvalue weighted by molar-refractivity contribution is 0.0526. The predicted molar refractivity (Wildman–Crippen MR) is 186 cm³/mol. The molecular weight excluding hydrogens is 643 g/mol. The van der Waals surface area contributed by atoms with E-state index in [-0.39, 0.29) is 11.1 Å². The first-order valence-electron chi connectivity index (χ1n) is 15.8. The Morgan fingerprint density at radius 2 is 1.67 bits per heavy atom. The summed E-state index contributed by atoms with van der Waals surface area (Å²) in [6, 6.07) is 13.1. The number of benzene rings is 2. The van der Waals surface area contributed by atoms with E-state index in [1.165, 1.54) is 0 Å². The summed E-state index contributed by atoms with van der Waals surface area (Å²) in [6.07, 6.45) is 2.47. The van der Waals surface area contributed by atoms with Gasteiger partial charge in [0.2, 0.25) is 11.7 Å². The molecule has 0 radical (unpaired) electrons. The Morgan fingerprint density at radius 1 is 1.00 bits per heavy atom. The van der Waals surface area contributed by atoms with Gasteiger partial charge in [-0.1, -0.05) is 73.7 Å². The third-order valence-electron chi connectivity index (χ3n) is 7.91. The van der Waals surface area contributed by atoms with Gasteiger partial charge in [-0.25, -0.2) is 4.79 Å². The van der Waals surface area contributed by atoms with Crippen LogP contribution in [0.15, 0.2) is 47.0 Å². The van der Waals surface area contributed by atoms with E-state index in [0.29, 0.717) is 54.2 Å². The number of ether oxygens (including phenoxy) is 2. The highest BCUT2D eigenvalue weighted by molar-refractivity contribution is 6.74. The fourth-order valence-corrected chi connectivity index (χ4v) is 5.89. The number of nitrogens with two attached hydrogens (primary N) is 1. The molecule has 9 nitrogen and oxygen atoms in total. The molecule has 0 aliphatic rings. The van der Waals surface area contributed by atoms with Crippen molar-refractivity contribution in [3.05, 3.63) is 75.4 Å². The minimum absolute atomic E-state index is 0.0272. The molecule has 0 spiro atoms. The number of nitrogens with one attached hydrogen (secondary N) is 1. The van der Waals surface area contributed by atoms with Crippen LogP contribution in [0.4, 0.5) is 4.79 Å². The van der Waals surface area contributed by atoms with Gasteiger partial charge in [-0.05, 0) is 87.1 Å². The van der Waals surface area contributed by atoms with E-state index in [0.717, 1.165) is 29.7 Å². The molecule has 0 aliphatic carbocycles. The Kier molecular flexibility index (Phi) is 13.5. The molecule has 1 amide bonds. The van der Waals surface area contributed by atoms with Gasteiger partial charge in [0, 0.05) is 19.0 Å². The van der Waals surface area contributed by atoms with Crippen LogP contribution in [0.2, 0.25) is 28.2 Å². The normalized spacial score (nSPS) is 13.7. The van der Waals surface area contributed by atoms with Crippen LogP contribution < -0.4 is 15.8 Å². The lowest BCUT2D eigenvalue weighted by Crippen LogP contribution is -2.45. The summed E-state index contributed by atoms with van der Waals surface area (Å²) in [6.45, 7) is 17.5. The van der Waals surface area contributed by atoms with Gasteiger partial charge < -0.3 is 29.5 Å². The fraction of sp³-hybridized carbons (Fsp3) is 0.559. The maximum atomic E-state index is 11.9. The number of unbranched alkanes of at least 4 members (excludes halogenated alkanes) is 1. The molecule has 46 heavy (non-hydrogen) atoms. The van der Waals surface area contributed by atoms with Gasteiger partial charge >= 0.3 is 6.09 Å². The molecule has 2 aromatic carbocycles. The number of amides is 1. The van der Waals surface area contributed by atoms with Gasteiger partial charge in [-0.15, -0.1) is 0 Å². The minimum atomic E-state index is -2.22. The molecule has 3 rings (SSSR count). The third kappa shape index (κ3) is 12.2. The monoisotopic (exact) mass is 692 g/mol. The first kappa shape index (κ1) is 37.8. The first-order valence-corrected chi connectivity index (χ1v) is 19.5. The van der Waals surface area contributed by atoms with E-state index in [2.05, 4.69) is 44.3 Å². The molecule has 2 unspecified atom stereocenters. The van der Waals surface area contributed by atoms with Crippen molar-refractivity contribution in [3.63, 3.8) is 0 Å². The number of hydrogen-bond acceptors (Lipinski definition) is 8. The molecule has 0 saturated heterocycles. The fourth-order valence-electron chi connectivity index (χ4n) is 4.30. The van der Waals surface area contributed by atoms with Crippen molar-refractivity contribution in [3.8, 4) is 5.75 Å². The smallest absolute Gasteiger partial charge is 0.407 e. The number of nitrogens with zero attached hydrogens (tertiary/aromatic N) is 2. The van der Waals surface area contributed by atoms with Crippen molar-refractivity contribution in [2.24, 2.45) is 5.73 Å². The van der Waals surface area contributed by atoms with Crippen LogP contribution in [0, 0.1) is 0 Å². The van der Waals surface area contributed by atoms with Crippen LogP contribution in [-0.2, 0) is 22.0 Å². The van der Waals surface area contributed by atoms with E-state index in [4.69, 9.17) is 52.3 Å². The summed E-state index contributed by atoms with van der Waals surface area (Å²) >= 11 is 12.1. The third-order valence-corrected chi connectivity index (χ3v) is 13.1. The molecule has 0 fully saturated rings. The number of rotatable bonds is 15. The van der Waals surface area contributed by atoms with Crippen molar-refractivity contribution in [1.82, 2.24) is 15.5 Å². The van der Waals surface area contributed by atoms with E-state index in [1.54, 1.807) is 6.07 Å². The van der Waals surface area contributed by atoms with Crippen LogP contribution in [0.25, 0.3) is 0 Å². The highest BCUT2D eigenvalue weighted by atomic mass is 35.5. The van der Waals surface area contributed by atoms with Gasteiger partial charge in [0.25, 0.3) is 0 Å². The van der Waals surface area contributed by atoms with E-state index < -0.39 is 26.1 Å². The quantitative estimate of drug-likeness (QED) is 0.120. The minimum Gasteiger partial charge on any atom is -0.493 e. The maximum absolute atomic E-state index is 11.9. The number of aromatic nitrogens is 2. The second kappa shape index (κ2) is 16.5. The summed E-state index contributed by atoms with van der Waals surface area (Å²) in [4.78, 5) is 16.7. The first-order chi connectivity index (χ1) is 21.4. The molecule has 1 aromatic heterocycles. The van der Waals surface area contributed by atoms with Crippen LogP contribution in [0.5, 0.6) is 5.75 Å². The zero-order valence-corrected chi connectivity index (χ0v) is 30.9. The summed E-state index contributed by atoms with van der Waals surface area (Å²) < 4.78 is 23.7. The molecule has 0 bridgehead atoms. The average molecular weight is 694 g/mol. The molecule has 0 saturated carbocycles. The highest BCUT2D eigenvalue weighted by Crippen LogP contribution is 2.40. The Bertz CT molecular complexity index is 1400. The van der Waals surface area contributed by atoms with Gasteiger partial charge in [0.15, 0.2) is 8.32 Å². The van der Waals surface area contributed by atoms with Gasteiger partial charge in [0.05, 0.1) is 23.1 Å². The summed E-state index contributed by atoms with van der Waals surface area (Å²) in [5.74, 6) is 1.72. The number of carbonyl (C=O) groups is 1. The number of halogens is 2. The van der Waals surface area contributed by atoms with Crippen molar-refractivity contribution in [2.75, 3.05) is 13.2 Å². The lowest BCUT2D eigenvalue weighted by atomic mass is 10.0. The van der Waals surface area contributed by atoms with Gasteiger partial charge in [0.1, 0.15) is 17.5 Å². The summed E-state index contributed by atoms with van der Waals surface area (Å²) in [5.41, 5.74) is 8.27. The van der Waals surface area contributed by atoms with Gasteiger partial charge in [-0.2, -0.15) is 4.98 Å². The zero-order valence-electron chi connectivity index (χ0n) is 28.4. The average Bonchev–Trinajstić information content (AvgIpc) is 3.41. The standard InChI is InChI=1S/C34H50Cl2N4O5Si/c1-33(2,3)43-32(41)38-19-10-9-11-28(37)30(45-46(7,8)34(4,5)6)31-39-29(44-40-31)22-23-12-15-25(16-13-23)42-20-18-24-14-17-26(35)27(36)21-24/h12-17,21,28,30H,9-11,18-20,22,37H2,1-8H3,(H,38,41). The number of hydrogen-bond donors (Lipinski definition) is 2. The molecule has 12 heteroatoms. The number of alkyl carbamates (subject to hydrolysis) is 1. The Labute approximate surface area is 285 Å². The van der Waals surface area contributed by atoms with Crippen molar-refractivity contribution >= 4 is 37.6 Å². The van der Waals surface area contributed by atoms with Crippen LogP contribution in [0.3, 0.4) is 0 Å². The summed E-state index contributed by atoms with van der Waals surface area (Å²) in [5, 5.41) is 8.17. The molecule has 3 N–H and O–H groups in total. The van der Waals surface area contributed by atoms with Crippen molar-refractivity contribution in [1.29, 1.82) is 0 Å². The highest BCUT2D eigenvalue weighted by Gasteiger charge is 2.42. The van der Waals surface area contributed by atoms with Crippen molar-refractivity contribution in [2.45, 2.75) is 110 Å². The van der Waals surface area contributed by atoms with E-state index in [9.17, 15) is 4.79 Å². The second-order valence-electron chi connectivity index (χ2n) is 14.1. The molecule has 2 atom stereocenters. The molecule has 254 valence electrons. The zero-order chi connectivity index (χ0) is 34.1. The summed E-state index contributed by atoms with van der Waals surface area (Å²) in [7, 11) is -2.22. The molecule has 1 heterocycles. The lowest BCUT2D eigenvalue weighted by Gasteiger charge is -2.39. The van der Waals surface area contributed by atoms with Crippen LogP contribution >= 0.6 is 23.2 Å². The van der Waals surface area contributed by atoms with Crippen LogP contribution in [0.1, 0.15) is 89.8 Å². The Hall–Kier alpha value is -2.63. The second-order valence-corrected chi connectivity index (χ2v) is 19.7. The van der Waals surface area contributed by atoms with Gasteiger partial charge in [-0.3, -0.25) is 0 Å². The molecule has 0 aliphatic heterocycles. The molecular formula is C34H50Cl2N4O5Si. The SMILES string of the molecule is CC(C)(C)OC(=O)NCCCCC(N)C(O[Si](C)(C)C(C)(C)C)c1noc(Cc2ccc(OCCc3ccc(Cl)c(Cl)c3)cc2)n1. The predicted octanol–water partition coefficient (Wildman–Crippen LogP) is 8.67. The van der Waals surface area contributed by atoms with Crippen molar-refractivity contribution < 1.29 is 23.2 Å². The Balaban J connectivity index is 1.58. The largest absolute Gasteiger partial charge is 0.493 e. The van der Waals surface area contributed by atoms with E-state index in [1.807, 2.05) is 57.2 Å². The number of carbonyl (C=O) groups excluding carboxylic acids is 1. The van der Waals surface area contributed by atoms with E-state index >= 15 is 0 Å². The maximum Gasteiger partial charge on any atom is 0.407 e. The Morgan fingerprint density at radius 3 is 2.30 bits per heavy atom. The molecule has 3 aromatic rings.